The van der Waals surface area contributed by atoms with Crippen molar-refractivity contribution in [3.63, 3.8) is 0 Å². The Labute approximate surface area is 168 Å². The Balaban J connectivity index is 1.48. The van der Waals surface area contributed by atoms with Gasteiger partial charge in [0.25, 0.3) is 0 Å². The largest absolute Gasteiger partial charge is 0.456 e. The highest BCUT2D eigenvalue weighted by Crippen LogP contribution is 2.50. The fraction of sp³-hybridized carbons (Fsp3) is 0.500. The molecule has 0 saturated heterocycles. The molecule has 0 spiro atoms. The van der Waals surface area contributed by atoms with Gasteiger partial charge in [-0.15, -0.1) is 0 Å². The molecule has 2 bridgehead atoms. The van der Waals surface area contributed by atoms with E-state index in [1.165, 1.54) is 36.6 Å². The molecule has 0 heterocycles. The Morgan fingerprint density at radius 3 is 2.43 bits per heavy atom. The van der Waals surface area contributed by atoms with Gasteiger partial charge in [-0.25, -0.2) is 4.79 Å². The first-order valence-corrected chi connectivity index (χ1v) is 11.0. The third-order valence-electron chi connectivity index (χ3n) is 7.55. The quantitative estimate of drug-likeness (QED) is 0.442. The number of hydrogen-bond donors (Lipinski definition) is 0. The molecule has 0 aromatic heterocycles. The first-order chi connectivity index (χ1) is 13.5. The maximum absolute atomic E-state index is 13.2. The summed E-state index contributed by atoms with van der Waals surface area (Å²) in [7, 11) is 0. The molecular weight excluding hydrogens is 344 g/mol. The molecule has 2 saturated carbocycles. The van der Waals surface area contributed by atoms with Crippen molar-refractivity contribution in [2.75, 3.05) is 0 Å². The molecule has 3 atom stereocenters. The molecule has 2 aromatic carbocycles. The van der Waals surface area contributed by atoms with Crippen LogP contribution >= 0.6 is 0 Å². The lowest BCUT2D eigenvalue weighted by Crippen LogP contribution is -2.35. The lowest BCUT2D eigenvalue weighted by atomic mass is 9.83. The molecule has 2 aromatic rings. The summed E-state index contributed by atoms with van der Waals surface area (Å²) in [6, 6.07) is 12.6. The molecule has 2 nitrogen and oxygen atoms in total. The fourth-order valence-electron chi connectivity index (χ4n) is 5.97. The van der Waals surface area contributed by atoms with Crippen molar-refractivity contribution >= 4 is 16.7 Å². The number of allylic oxidation sites excluding steroid dienone is 2. The van der Waals surface area contributed by atoms with E-state index >= 15 is 0 Å². The number of ether oxygens (including phenoxy) is 1. The number of fused-ring (bicyclic) bond motifs is 3. The second-order valence-electron chi connectivity index (χ2n) is 9.61. The van der Waals surface area contributed by atoms with Gasteiger partial charge in [0.15, 0.2) is 0 Å². The van der Waals surface area contributed by atoms with E-state index in [0.29, 0.717) is 23.3 Å². The molecule has 3 unspecified atom stereocenters. The minimum absolute atomic E-state index is 0.174. The van der Waals surface area contributed by atoms with Crippen LogP contribution in [0.4, 0.5) is 0 Å². The van der Waals surface area contributed by atoms with Crippen molar-refractivity contribution in [3.05, 3.63) is 59.7 Å². The zero-order valence-electron chi connectivity index (χ0n) is 17.0. The molecule has 0 radical (unpaired) electrons. The average Bonchev–Trinajstić information content (AvgIpc) is 3.44. The highest BCUT2D eigenvalue weighted by Gasteiger charge is 2.38. The number of rotatable bonds is 4. The van der Waals surface area contributed by atoms with Crippen molar-refractivity contribution in [2.45, 2.75) is 63.9 Å². The maximum Gasteiger partial charge on any atom is 0.339 e. The van der Waals surface area contributed by atoms with Crippen LogP contribution in [0.15, 0.2) is 48.6 Å². The molecule has 5 rings (SSSR count). The first-order valence-electron chi connectivity index (χ1n) is 11.0. The Hall–Kier alpha value is -2.09. The van der Waals surface area contributed by atoms with E-state index in [9.17, 15) is 4.79 Å². The molecule has 0 N–H and O–H groups in total. The van der Waals surface area contributed by atoms with Gasteiger partial charge >= 0.3 is 5.97 Å². The normalized spacial score (nSPS) is 27.0. The van der Waals surface area contributed by atoms with Crippen LogP contribution in [0.2, 0.25) is 0 Å². The van der Waals surface area contributed by atoms with Crippen LogP contribution in [0.25, 0.3) is 10.8 Å². The van der Waals surface area contributed by atoms with Gasteiger partial charge in [0.1, 0.15) is 5.60 Å². The lowest BCUT2D eigenvalue weighted by Gasteiger charge is -2.31. The lowest BCUT2D eigenvalue weighted by molar-refractivity contribution is -0.0283. The van der Waals surface area contributed by atoms with Gasteiger partial charge in [-0.3, -0.25) is 0 Å². The van der Waals surface area contributed by atoms with E-state index in [2.05, 4.69) is 50.3 Å². The van der Waals surface area contributed by atoms with Gasteiger partial charge in [-0.2, -0.15) is 0 Å². The zero-order valence-corrected chi connectivity index (χ0v) is 17.0. The summed E-state index contributed by atoms with van der Waals surface area (Å²) in [5, 5.41) is 2.26. The molecular formula is C26H30O2. The number of carbonyl (C=O) groups is 1. The number of benzene rings is 2. The van der Waals surface area contributed by atoms with Crippen molar-refractivity contribution in [1.29, 1.82) is 0 Å². The zero-order chi connectivity index (χ0) is 19.3. The van der Waals surface area contributed by atoms with Crippen LogP contribution in [-0.4, -0.2) is 11.6 Å². The number of carbonyl (C=O) groups excluding carboxylic acids is 1. The topological polar surface area (TPSA) is 26.3 Å². The van der Waals surface area contributed by atoms with Gasteiger partial charge in [-0.1, -0.05) is 55.3 Å². The van der Waals surface area contributed by atoms with Crippen LogP contribution in [0.3, 0.4) is 0 Å². The van der Waals surface area contributed by atoms with Crippen LogP contribution in [-0.2, 0) is 4.74 Å². The summed E-state index contributed by atoms with van der Waals surface area (Å²) in [4.78, 5) is 13.2. The predicted molar refractivity (Wildman–Crippen MR) is 113 cm³/mol. The standard InChI is InChI=1S/C26H30O2/c1-26(2,19-7-3-4-8-19)28-25(27)23-12-6-9-20-21(23)10-5-11-22(20)24-16-17-13-14-18(24)15-17/h5-6,9-14,17-19,24H,3-4,7-8,15-16H2,1-2H3. The second-order valence-corrected chi connectivity index (χ2v) is 9.61. The Bertz CT molecular complexity index is 933. The minimum Gasteiger partial charge on any atom is -0.456 e. The van der Waals surface area contributed by atoms with Crippen LogP contribution in [0, 0.1) is 17.8 Å². The highest BCUT2D eigenvalue weighted by molar-refractivity contribution is 6.05. The molecule has 146 valence electrons. The molecule has 3 aliphatic carbocycles. The predicted octanol–water partition coefficient (Wildman–Crippen LogP) is 6.65. The van der Waals surface area contributed by atoms with Gasteiger partial charge in [0.2, 0.25) is 0 Å². The summed E-state index contributed by atoms with van der Waals surface area (Å²) in [6.45, 7) is 4.16. The van der Waals surface area contributed by atoms with Crippen molar-refractivity contribution < 1.29 is 9.53 Å². The number of hydrogen-bond acceptors (Lipinski definition) is 2. The van der Waals surface area contributed by atoms with Crippen molar-refractivity contribution in [2.24, 2.45) is 17.8 Å². The monoisotopic (exact) mass is 374 g/mol. The summed E-state index contributed by atoms with van der Waals surface area (Å²) in [6.07, 6.45) is 12.2. The van der Waals surface area contributed by atoms with E-state index < -0.39 is 5.60 Å². The highest BCUT2D eigenvalue weighted by atomic mass is 16.6. The van der Waals surface area contributed by atoms with E-state index in [1.807, 2.05) is 12.1 Å². The third kappa shape index (κ3) is 2.98. The van der Waals surface area contributed by atoms with Crippen molar-refractivity contribution in [3.8, 4) is 0 Å². The summed E-state index contributed by atoms with van der Waals surface area (Å²) >= 11 is 0. The van der Waals surface area contributed by atoms with Crippen LogP contribution in [0.5, 0.6) is 0 Å². The van der Waals surface area contributed by atoms with Gasteiger partial charge in [0.05, 0.1) is 5.56 Å². The fourth-order valence-corrected chi connectivity index (χ4v) is 5.97. The van der Waals surface area contributed by atoms with Gasteiger partial charge < -0.3 is 4.74 Å². The van der Waals surface area contributed by atoms with E-state index in [1.54, 1.807) is 0 Å². The average molecular weight is 375 g/mol. The third-order valence-corrected chi connectivity index (χ3v) is 7.55. The van der Waals surface area contributed by atoms with Crippen LogP contribution in [0.1, 0.15) is 74.2 Å². The Morgan fingerprint density at radius 2 is 1.71 bits per heavy atom. The smallest absolute Gasteiger partial charge is 0.339 e. The SMILES string of the molecule is CC(C)(OC(=O)c1cccc2c(C3CC4C=CC3C4)cccc12)C1CCCC1. The molecule has 0 aliphatic heterocycles. The van der Waals surface area contributed by atoms with Crippen LogP contribution < -0.4 is 0 Å². The van der Waals surface area contributed by atoms with Gasteiger partial charge in [0, 0.05) is 0 Å². The molecule has 0 amide bonds. The van der Waals surface area contributed by atoms with Crippen molar-refractivity contribution in [1.82, 2.24) is 0 Å². The number of esters is 1. The summed E-state index contributed by atoms with van der Waals surface area (Å²) in [5.74, 6) is 2.29. The molecule has 3 aliphatic rings. The Morgan fingerprint density at radius 1 is 0.964 bits per heavy atom. The summed E-state index contributed by atoms with van der Waals surface area (Å²) in [5.41, 5.74) is 1.71. The van der Waals surface area contributed by atoms with Gasteiger partial charge in [-0.05, 0) is 85.6 Å². The second kappa shape index (κ2) is 6.76. The molecule has 2 fully saturated rings. The molecule has 28 heavy (non-hydrogen) atoms. The summed E-state index contributed by atoms with van der Waals surface area (Å²) < 4.78 is 6.08. The first kappa shape index (κ1) is 18.0. The minimum atomic E-state index is -0.400. The van der Waals surface area contributed by atoms with E-state index in [-0.39, 0.29) is 5.97 Å². The Kier molecular flexibility index (Phi) is 4.34. The van der Waals surface area contributed by atoms with E-state index in [0.717, 1.165) is 24.1 Å². The maximum atomic E-state index is 13.2. The molecule has 2 heteroatoms. The van der Waals surface area contributed by atoms with E-state index in [4.69, 9.17) is 4.74 Å².